The molecule has 0 radical (unpaired) electrons. The zero-order valence-corrected chi connectivity index (χ0v) is 35.6. The van der Waals surface area contributed by atoms with Gasteiger partial charge in [0.05, 0.1) is 11.3 Å². The van der Waals surface area contributed by atoms with Crippen molar-refractivity contribution < 1.29 is 36.4 Å². The standard InChI is InChI=1S/C44H48F2N10O6S/c1-3-54(2)63(61,62)53-35-10-9-34(45)39(40(35)46)41(58)33-25-49-42-32(33)22-29(24-48-42)28-6-12-37(47-23-28)55-20-16-31(17-21-55)51-44(60)56-18-14-27(15-19-56)26-4-7-30(8-5-26)50-36-11-13-38(57)52-43(36)59/h4-10,12,22-25,27,31,36,50,53H,3,11,13-21H2,1-2H3,(H,48,49)(H,51,60)(H,52,57,59). The van der Waals surface area contributed by atoms with Crippen molar-refractivity contribution in [2.24, 2.45) is 0 Å². The summed E-state index contributed by atoms with van der Waals surface area (Å²) < 4.78 is 58.8. The van der Waals surface area contributed by atoms with Crippen molar-refractivity contribution in [2.75, 3.05) is 54.7 Å². The number of urea groups is 1. The van der Waals surface area contributed by atoms with Gasteiger partial charge >= 0.3 is 16.2 Å². The number of pyridine rings is 2. The Labute approximate surface area is 363 Å². The van der Waals surface area contributed by atoms with Gasteiger partial charge in [0.25, 0.3) is 0 Å². The summed E-state index contributed by atoms with van der Waals surface area (Å²) in [5, 5.41) is 9.13. The molecule has 19 heteroatoms. The SMILES string of the molecule is CCN(C)S(=O)(=O)Nc1ccc(F)c(C(=O)c2c[nH]c3ncc(-c4ccc(N5CCC(NC(=O)N6CCC(c7ccc(NC8CCC(=O)NC8=O)cc7)CC6)CC5)nc4)cc23)c1F. The van der Waals surface area contributed by atoms with Gasteiger partial charge < -0.3 is 25.4 Å². The summed E-state index contributed by atoms with van der Waals surface area (Å²) in [6, 6.07) is 14.8. The minimum Gasteiger partial charge on any atom is -0.374 e. The highest BCUT2D eigenvalue weighted by molar-refractivity contribution is 7.90. The lowest BCUT2D eigenvalue weighted by Gasteiger charge is -2.36. The number of anilines is 3. The molecule has 3 aliphatic heterocycles. The summed E-state index contributed by atoms with van der Waals surface area (Å²) in [4.78, 5) is 66.5. The van der Waals surface area contributed by atoms with E-state index in [0.29, 0.717) is 67.1 Å². The number of nitrogens with one attached hydrogen (secondary N) is 5. The number of carbonyl (C=O) groups excluding carboxylic acids is 4. The predicted octanol–water partition coefficient (Wildman–Crippen LogP) is 5.52. The van der Waals surface area contributed by atoms with Crippen molar-refractivity contribution in [1.29, 1.82) is 0 Å². The van der Waals surface area contributed by atoms with Crippen molar-refractivity contribution in [3.63, 3.8) is 0 Å². The summed E-state index contributed by atoms with van der Waals surface area (Å²) in [6.45, 7) is 4.39. The summed E-state index contributed by atoms with van der Waals surface area (Å²) >= 11 is 0. The molecule has 3 fully saturated rings. The zero-order chi connectivity index (χ0) is 44.4. The number of fused-ring (bicyclic) bond motifs is 1. The van der Waals surface area contributed by atoms with Gasteiger partial charge in [0.15, 0.2) is 5.82 Å². The van der Waals surface area contributed by atoms with Gasteiger partial charge in [-0.15, -0.1) is 0 Å². The van der Waals surface area contributed by atoms with E-state index in [1.54, 1.807) is 25.4 Å². The molecule has 0 aliphatic carbocycles. The van der Waals surface area contributed by atoms with Gasteiger partial charge in [-0.05, 0) is 86.1 Å². The normalized spacial score (nSPS) is 17.8. The van der Waals surface area contributed by atoms with Crippen molar-refractivity contribution in [3.05, 3.63) is 102 Å². The largest absolute Gasteiger partial charge is 0.374 e. The Kier molecular flexibility index (Phi) is 12.4. The highest BCUT2D eigenvalue weighted by atomic mass is 32.2. The molecule has 0 bridgehead atoms. The average molecular weight is 883 g/mol. The van der Waals surface area contributed by atoms with Crippen LogP contribution in [0.25, 0.3) is 22.2 Å². The Hall–Kier alpha value is -6.47. The van der Waals surface area contributed by atoms with Crippen LogP contribution >= 0.6 is 0 Å². The van der Waals surface area contributed by atoms with E-state index in [-0.39, 0.29) is 36.0 Å². The summed E-state index contributed by atoms with van der Waals surface area (Å²) in [5.74, 6) is -2.92. The molecule has 63 heavy (non-hydrogen) atoms. The molecule has 3 saturated heterocycles. The quantitative estimate of drug-likeness (QED) is 0.0785. The number of aromatic amines is 1. The maximum atomic E-state index is 15.6. The fraction of sp³-hybridized carbons (Fsp3) is 0.364. The van der Waals surface area contributed by atoms with Crippen molar-refractivity contribution in [1.82, 2.24) is 34.8 Å². The number of piperidine rings is 3. The molecule has 3 aliphatic rings. The first-order valence-corrected chi connectivity index (χ1v) is 22.4. The number of carbonyl (C=O) groups is 4. The van der Waals surface area contributed by atoms with Crippen LogP contribution in [-0.2, 0) is 19.8 Å². The van der Waals surface area contributed by atoms with E-state index >= 15 is 8.78 Å². The fourth-order valence-corrected chi connectivity index (χ4v) is 9.20. The number of hydrogen-bond acceptors (Lipinski definition) is 10. The molecule has 1 unspecified atom stereocenters. The van der Waals surface area contributed by atoms with Gasteiger partial charge in [0, 0.05) is 98.6 Å². The van der Waals surface area contributed by atoms with Crippen LogP contribution in [0.1, 0.15) is 72.9 Å². The van der Waals surface area contributed by atoms with Crippen LogP contribution in [0.3, 0.4) is 0 Å². The molecule has 5 aromatic rings. The number of aromatic nitrogens is 3. The number of rotatable bonds is 12. The third kappa shape index (κ3) is 9.34. The maximum absolute atomic E-state index is 15.6. The second-order valence-corrected chi connectivity index (χ2v) is 17.9. The van der Waals surface area contributed by atoms with E-state index in [1.165, 1.54) is 18.8 Å². The fourth-order valence-electron chi connectivity index (χ4n) is 8.27. The molecule has 2 aromatic carbocycles. The highest BCUT2D eigenvalue weighted by Crippen LogP contribution is 2.32. The van der Waals surface area contributed by atoms with Crippen LogP contribution in [0, 0.1) is 11.6 Å². The number of amides is 4. The molecule has 3 aromatic heterocycles. The third-order valence-electron chi connectivity index (χ3n) is 12.2. The van der Waals surface area contributed by atoms with Gasteiger partial charge in [0.1, 0.15) is 23.3 Å². The number of H-pyrrole nitrogens is 1. The van der Waals surface area contributed by atoms with E-state index in [4.69, 9.17) is 4.98 Å². The van der Waals surface area contributed by atoms with Gasteiger partial charge in [-0.3, -0.25) is 24.4 Å². The molecule has 16 nitrogen and oxygen atoms in total. The Morgan fingerprint density at radius 2 is 1.63 bits per heavy atom. The summed E-state index contributed by atoms with van der Waals surface area (Å²) in [7, 11) is -2.85. The first kappa shape index (κ1) is 43.2. The molecule has 6 heterocycles. The molecular formula is C44H48F2N10O6S. The van der Waals surface area contributed by atoms with Gasteiger partial charge in [-0.25, -0.2) is 23.5 Å². The van der Waals surface area contributed by atoms with E-state index in [1.807, 2.05) is 29.2 Å². The maximum Gasteiger partial charge on any atom is 0.317 e. The Morgan fingerprint density at radius 1 is 0.905 bits per heavy atom. The van der Waals surface area contributed by atoms with Gasteiger partial charge in [-0.2, -0.15) is 12.7 Å². The zero-order valence-electron chi connectivity index (χ0n) is 34.8. The van der Waals surface area contributed by atoms with Gasteiger partial charge in [-0.1, -0.05) is 19.1 Å². The topological polar surface area (TPSA) is 202 Å². The lowest BCUT2D eigenvalue weighted by atomic mass is 9.89. The Balaban J connectivity index is 0.833. The number of ketones is 1. The monoisotopic (exact) mass is 882 g/mol. The van der Waals surface area contributed by atoms with Crippen LogP contribution in [0.15, 0.2) is 73.2 Å². The molecule has 0 saturated carbocycles. The Morgan fingerprint density at radius 3 is 2.32 bits per heavy atom. The summed E-state index contributed by atoms with van der Waals surface area (Å²) in [6.07, 6.45) is 8.59. The van der Waals surface area contributed by atoms with E-state index in [9.17, 15) is 27.6 Å². The van der Waals surface area contributed by atoms with E-state index < -0.39 is 44.9 Å². The van der Waals surface area contributed by atoms with Gasteiger partial charge in [0.2, 0.25) is 17.6 Å². The lowest BCUT2D eigenvalue weighted by Crippen LogP contribution is -2.51. The minimum absolute atomic E-state index is 0.0303. The molecule has 5 N–H and O–H groups in total. The lowest BCUT2D eigenvalue weighted by molar-refractivity contribution is -0.133. The third-order valence-corrected chi connectivity index (χ3v) is 13.7. The predicted molar refractivity (Wildman–Crippen MR) is 234 cm³/mol. The molecule has 0 spiro atoms. The van der Waals surface area contributed by atoms with Crippen molar-refractivity contribution in [3.8, 4) is 11.1 Å². The molecular weight excluding hydrogens is 835 g/mol. The number of nitrogens with zero attached hydrogens (tertiary/aromatic N) is 5. The molecule has 8 rings (SSSR count). The molecule has 330 valence electrons. The number of benzene rings is 2. The van der Waals surface area contributed by atoms with Crippen LogP contribution in [0.4, 0.5) is 30.8 Å². The second kappa shape index (κ2) is 18.1. The molecule has 4 amide bonds. The van der Waals surface area contributed by atoms with Crippen molar-refractivity contribution >= 4 is 62.1 Å². The van der Waals surface area contributed by atoms with Crippen LogP contribution in [0.2, 0.25) is 0 Å². The van der Waals surface area contributed by atoms with Crippen LogP contribution in [0.5, 0.6) is 0 Å². The van der Waals surface area contributed by atoms with Crippen molar-refractivity contribution in [2.45, 2.75) is 63.5 Å². The Bertz CT molecular complexity index is 2650. The van der Waals surface area contributed by atoms with Crippen LogP contribution in [-0.4, -0.2) is 108 Å². The number of imide groups is 1. The molecule has 1 atom stereocenters. The smallest absolute Gasteiger partial charge is 0.317 e. The number of likely N-dealkylation sites (tertiary alicyclic amines) is 1. The number of halogens is 2. The van der Waals surface area contributed by atoms with Crippen LogP contribution < -0.4 is 25.6 Å². The minimum atomic E-state index is -4.15. The first-order valence-electron chi connectivity index (χ1n) is 21.0. The highest BCUT2D eigenvalue weighted by Gasteiger charge is 2.30. The number of hydrogen-bond donors (Lipinski definition) is 5. The first-order chi connectivity index (χ1) is 30.3. The van der Waals surface area contributed by atoms with E-state index in [2.05, 4.69) is 47.7 Å². The summed E-state index contributed by atoms with van der Waals surface area (Å²) in [5.41, 5.74) is 2.14. The average Bonchev–Trinajstić information content (AvgIpc) is 3.72. The van der Waals surface area contributed by atoms with E-state index in [0.717, 1.165) is 53.6 Å². The second-order valence-electron chi connectivity index (χ2n) is 16.1.